The summed E-state index contributed by atoms with van der Waals surface area (Å²) in [6, 6.07) is 0. The lowest BCUT2D eigenvalue weighted by Gasteiger charge is -2.42. The third kappa shape index (κ3) is 5.99. The van der Waals surface area contributed by atoms with Crippen molar-refractivity contribution in [2.45, 2.75) is 92.7 Å². The summed E-state index contributed by atoms with van der Waals surface area (Å²) in [4.78, 5) is 12.8. The Kier molecular flexibility index (Phi) is 8.19. The van der Waals surface area contributed by atoms with Gasteiger partial charge in [-0.1, -0.05) is 62.3 Å². The van der Waals surface area contributed by atoms with E-state index >= 15 is 0 Å². The zero-order valence-electron chi connectivity index (χ0n) is 17.2. The largest absolute Gasteiger partial charge is 0.413 e. The van der Waals surface area contributed by atoms with Crippen molar-refractivity contribution in [2.75, 3.05) is 0 Å². The number of aliphatic hydroxyl groups excluding tert-OH is 1. The Hall–Kier alpha value is -0.193. The van der Waals surface area contributed by atoms with Crippen molar-refractivity contribution >= 4 is 14.1 Å². The first kappa shape index (κ1) is 22.8. The van der Waals surface area contributed by atoms with E-state index in [1.807, 2.05) is 27.7 Å². The summed E-state index contributed by atoms with van der Waals surface area (Å²) >= 11 is 0. The van der Waals surface area contributed by atoms with Gasteiger partial charge < -0.3 is 9.53 Å². The predicted octanol–water partition coefficient (Wildman–Crippen LogP) is 4.89. The molecule has 3 nitrogen and oxygen atoms in total. The van der Waals surface area contributed by atoms with Gasteiger partial charge in [0.25, 0.3) is 0 Å². The fourth-order valence-corrected chi connectivity index (χ4v) is 4.16. The molecule has 0 bridgehead atoms. The fraction of sp³-hybridized carbons (Fsp3) is 0.947. The van der Waals surface area contributed by atoms with Crippen LogP contribution in [-0.4, -0.2) is 31.4 Å². The summed E-state index contributed by atoms with van der Waals surface area (Å²) in [7, 11) is -1.94. The van der Waals surface area contributed by atoms with Gasteiger partial charge in [0.1, 0.15) is 5.78 Å². The van der Waals surface area contributed by atoms with E-state index in [1.165, 1.54) is 0 Å². The van der Waals surface area contributed by atoms with Crippen molar-refractivity contribution < 1.29 is 14.3 Å². The van der Waals surface area contributed by atoms with E-state index in [2.05, 4.69) is 47.7 Å². The van der Waals surface area contributed by atoms with Crippen LogP contribution in [0.15, 0.2) is 0 Å². The van der Waals surface area contributed by atoms with Gasteiger partial charge in [0.15, 0.2) is 8.32 Å². The Morgan fingerprint density at radius 1 is 0.913 bits per heavy atom. The van der Waals surface area contributed by atoms with Crippen LogP contribution < -0.4 is 0 Å². The van der Waals surface area contributed by atoms with Gasteiger partial charge in [-0.2, -0.15) is 0 Å². The fourth-order valence-electron chi connectivity index (χ4n) is 2.65. The highest BCUT2D eigenvalue weighted by atomic mass is 28.4. The van der Waals surface area contributed by atoms with Gasteiger partial charge in [-0.3, -0.25) is 4.79 Å². The molecule has 0 aliphatic heterocycles. The number of Topliss-reactive ketones (excluding diaryl/α,β-unsaturated/α-hetero) is 1. The van der Waals surface area contributed by atoms with Gasteiger partial charge in [0, 0.05) is 11.8 Å². The quantitative estimate of drug-likeness (QED) is 0.638. The van der Waals surface area contributed by atoms with E-state index in [9.17, 15) is 9.90 Å². The summed E-state index contributed by atoms with van der Waals surface area (Å²) < 4.78 is 6.57. The van der Waals surface area contributed by atoms with Crippen LogP contribution in [0.4, 0.5) is 0 Å². The molecule has 0 heterocycles. The van der Waals surface area contributed by atoms with Crippen LogP contribution >= 0.6 is 0 Å². The van der Waals surface area contributed by atoms with Gasteiger partial charge in [0.05, 0.1) is 12.2 Å². The lowest BCUT2D eigenvalue weighted by atomic mass is 9.82. The summed E-state index contributed by atoms with van der Waals surface area (Å²) in [5, 5.41) is 10.4. The molecule has 1 N–H and O–H groups in total. The zero-order valence-corrected chi connectivity index (χ0v) is 18.2. The van der Waals surface area contributed by atoms with Crippen LogP contribution in [0.1, 0.15) is 62.3 Å². The normalized spacial score (nSPS) is 18.9. The molecular weight excluding hydrogens is 304 g/mol. The molecule has 0 aromatic carbocycles. The van der Waals surface area contributed by atoms with Gasteiger partial charge in [-0.05, 0) is 30.0 Å². The second kappa shape index (κ2) is 8.26. The van der Waals surface area contributed by atoms with E-state index in [0.29, 0.717) is 0 Å². The minimum atomic E-state index is -1.94. The number of hydrogen-bond acceptors (Lipinski definition) is 3. The Labute approximate surface area is 145 Å². The van der Waals surface area contributed by atoms with Crippen molar-refractivity contribution in [3.05, 3.63) is 0 Å². The molecule has 23 heavy (non-hydrogen) atoms. The third-order valence-electron chi connectivity index (χ3n) is 5.48. The van der Waals surface area contributed by atoms with E-state index in [0.717, 1.165) is 0 Å². The van der Waals surface area contributed by atoms with Crippen LogP contribution in [0.25, 0.3) is 0 Å². The number of carbonyl (C=O) groups is 1. The molecule has 0 fully saturated rings. The van der Waals surface area contributed by atoms with Crippen molar-refractivity contribution in [2.24, 2.45) is 23.7 Å². The average molecular weight is 345 g/mol. The minimum Gasteiger partial charge on any atom is -0.413 e. The first-order chi connectivity index (χ1) is 10.1. The van der Waals surface area contributed by atoms with Gasteiger partial charge in [-0.25, -0.2) is 0 Å². The molecule has 0 aliphatic rings. The van der Waals surface area contributed by atoms with Gasteiger partial charge >= 0.3 is 0 Å². The number of ketones is 1. The molecule has 138 valence electrons. The minimum absolute atomic E-state index is 0.0833. The highest BCUT2D eigenvalue weighted by Crippen LogP contribution is 2.39. The van der Waals surface area contributed by atoms with Gasteiger partial charge in [-0.15, -0.1) is 0 Å². The highest BCUT2D eigenvalue weighted by molar-refractivity contribution is 6.74. The predicted molar refractivity (Wildman–Crippen MR) is 101 cm³/mol. The van der Waals surface area contributed by atoms with Crippen molar-refractivity contribution in [3.63, 3.8) is 0 Å². The number of carbonyl (C=O) groups excluding carboxylic acids is 1. The van der Waals surface area contributed by atoms with Crippen LogP contribution in [0.5, 0.6) is 0 Å². The lowest BCUT2D eigenvalue weighted by molar-refractivity contribution is -0.134. The van der Waals surface area contributed by atoms with Crippen LogP contribution in [-0.2, 0) is 9.22 Å². The Bertz CT molecular complexity index is 383. The van der Waals surface area contributed by atoms with E-state index in [4.69, 9.17) is 4.43 Å². The standard InChI is InChI=1S/C19H40O3Si/c1-12(2)16(20)14(5)17(21)15(6)18(13(3)4)22-23(10,11)19(7,8)9/h12-16,18,20H,1-11H3/t14-,15-,16+,18-/m0/s1. The molecule has 0 unspecified atom stereocenters. The first-order valence-corrected chi connectivity index (χ1v) is 11.9. The van der Waals surface area contributed by atoms with Crippen molar-refractivity contribution in [3.8, 4) is 0 Å². The summed E-state index contributed by atoms with van der Waals surface area (Å²) in [6.45, 7) is 23.0. The third-order valence-corrected chi connectivity index (χ3v) is 9.95. The van der Waals surface area contributed by atoms with Crippen molar-refractivity contribution in [1.29, 1.82) is 0 Å². The summed E-state index contributed by atoms with van der Waals surface area (Å²) in [6.07, 6.45) is -0.684. The Morgan fingerprint density at radius 3 is 1.65 bits per heavy atom. The molecule has 0 aromatic rings. The molecule has 0 radical (unpaired) electrons. The topological polar surface area (TPSA) is 46.5 Å². The Morgan fingerprint density at radius 2 is 1.35 bits per heavy atom. The molecule has 0 amide bonds. The van der Waals surface area contributed by atoms with Crippen LogP contribution in [0, 0.1) is 23.7 Å². The molecule has 4 atom stereocenters. The highest BCUT2D eigenvalue weighted by Gasteiger charge is 2.42. The Balaban J connectivity index is 5.29. The van der Waals surface area contributed by atoms with E-state index < -0.39 is 14.4 Å². The molecule has 0 saturated heterocycles. The molecule has 4 heteroatoms. The van der Waals surface area contributed by atoms with E-state index in [1.54, 1.807) is 0 Å². The molecule has 0 spiro atoms. The summed E-state index contributed by atoms with van der Waals surface area (Å²) in [5.41, 5.74) is 0. The zero-order chi connectivity index (χ0) is 18.7. The van der Waals surface area contributed by atoms with Crippen LogP contribution in [0.3, 0.4) is 0 Å². The average Bonchev–Trinajstić information content (AvgIpc) is 2.39. The molecule has 0 saturated carbocycles. The SMILES string of the molecule is CC(C)[C@@H](O)[C@H](C)C(=O)[C@H](C)[C@@H](O[Si](C)(C)C(C)(C)C)C(C)C. The first-order valence-electron chi connectivity index (χ1n) is 9.03. The number of aliphatic hydroxyl groups is 1. The van der Waals surface area contributed by atoms with Crippen LogP contribution in [0.2, 0.25) is 18.1 Å². The smallest absolute Gasteiger partial charge is 0.192 e. The molecule has 0 aromatic heterocycles. The lowest BCUT2D eigenvalue weighted by Crippen LogP contribution is -2.49. The number of hydrogen-bond donors (Lipinski definition) is 1. The summed E-state index contributed by atoms with van der Waals surface area (Å²) in [5.74, 6) is -0.0863. The van der Waals surface area contributed by atoms with E-state index in [-0.39, 0.29) is 40.6 Å². The molecular formula is C19H40O3Si. The second-order valence-electron chi connectivity index (χ2n) is 9.30. The second-order valence-corrected chi connectivity index (χ2v) is 14.1. The van der Waals surface area contributed by atoms with Crippen molar-refractivity contribution in [1.82, 2.24) is 0 Å². The molecule has 0 rings (SSSR count). The monoisotopic (exact) mass is 344 g/mol. The van der Waals surface area contributed by atoms with Gasteiger partial charge in [0.2, 0.25) is 0 Å². The molecule has 0 aliphatic carbocycles. The maximum Gasteiger partial charge on any atom is 0.192 e. The maximum absolute atomic E-state index is 12.8. The maximum atomic E-state index is 12.8. The number of rotatable bonds is 8.